The van der Waals surface area contributed by atoms with Gasteiger partial charge in [-0.3, -0.25) is 4.79 Å². The van der Waals surface area contributed by atoms with Crippen LogP contribution in [0.5, 0.6) is 0 Å². The van der Waals surface area contributed by atoms with Crippen LogP contribution >= 0.6 is 22.7 Å². The number of aryl methyl sites for hydroxylation is 1. The first-order chi connectivity index (χ1) is 11.5. The third-order valence-electron chi connectivity index (χ3n) is 3.99. The third-order valence-corrected chi connectivity index (χ3v) is 8.23. The van der Waals surface area contributed by atoms with Crippen molar-refractivity contribution in [2.75, 3.05) is 13.1 Å². The van der Waals surface area contributed by atoms with E-state index in [-0.39, 0.29) is 11.8 Å². The van der Waals surface area contributed by atoms with E-state index >= 15 is 0 Å². The Kier molecular flexibility index (Phi) is 5.33. The van der Waals surface area contributed by atoms with E-state index in [1.807, 2.05) is 12.3 Å². The van der Waals surface area contributed by atoms with Crippen LogP contribution < -0.4 is 5.32 Å². The molecule has 3 rings (SSSR count). The van der Waals surface area contributed by atoms with E-state index in [1.54, 1.807) is 17.5 Å². The molecule has 24 heavy (non-hydrogen) atoms. The quantitative estimate of drug-likeness (QED) is 0.856. The zero-order valence-electron chi connectivity index (χ0n) is 13.3. The normalized spacial score (nSPS) is 17.0. The van der Waals surface area contributed by atoms with Gasteiger partial charge in [0.25, 0.3) is 10.0 Å². The fourth-order valence-corrected chi connectivity index (χ4v) is 6.01. The van der Waals surface area contributed by atoms with E-state index in [9.17, 15) is 13.2 Å². The highest BCUT2D eigenvalue weighted by molar-refractivity contribution is 7.91. The molecule has 1 aliphatic heterocycles. The van der Waals surface area contributed by atoms with Gasteiger partial charge in [0.2, 0.25) is 5.91 Å². The number of rotatable bonds is 5. The Bertz CT molecular complexity index is 791. The predicted octanol–water partition coefficient (Wildman–Crippen LogP) is 2.23. The molecule has 1 amide bonds. The first kappa shape index (κ1) is 17.5. The summed E-state index contributed by atoms with van der Waals surface area (Å²) in [5.41, 5.74) is 0.955. The Morgan fingerprint density at radius 1 is 1.38 bits per heavy atom. The second kappa shape index (κ2) is 7.30. The molecule has 0 spiro atoms. The van der Waals surface area contributed by atoms with Crippen molar-refractivity contribution in [1.82, 2.24) is 14.6 Å². The van der Waals surface area contributed by atoms with Crippen molar-refractivity contribution in [2.45, 2.75) is 30.5 Å². The van der Waals surface area contributed by atoms with Gasteiger partial charge in [-0.2, -0.15) is 4.31 Å². The molecular formula is C15H19N3O3S3. The van der Waals surface area contributed by atoms with Crippen LogP contribution in [0.1, 0.15) is 23.5 Å². The second-order valence-electron chi connectivity index (χ2n) is 5.71. The number of thiophene rings is 1. The molecule has 6 nitrogen and oxygen atoms in total. The van der Waals surface area contributed by atoms with Crippen molar-refractivity contribution >= 4 is 38.6 Å². The molecule has 0 bridgehead atoms. The molecule has 0 unspecified atom stereocenters. The van der Waals surface area contributed by atoms with Crippen LogP contribution in [0.3, 0.4) is 0 Å². The number of aromatic nitrogens is 1. The lowest BCUT2D eigenvalue weighted by atomic mass is 9.97. The van der Waals surface area contributed by atoms with E-state index in [4.69, 9.17) is 0 Å². The van der Waals surface area contributed by atoms with Crippen LogP contribution in [-0.4, -0.2) is 36.7 Å². The van der Waals surface area contributed by atoms with Crippen molar-refractivity contribution < 1.29 is 13.2 Å². The van der Waals surface area contributed by atoms with Gasteiger partial charge in [-0.15, -0.1) is 22.7 Å². The largest absolute Gasteiger partial charge is 0.349 e. The van der Waals surface area contributed by atoms with Crippen LogP contribution in [0.25, 0.3) is 0 Å². The molecule has 0 radical (unpaired) electrons. The van der Waals surface area contributed by atoms with Gasteiger partial charge in [0.15, 0.2) is 0 Å². The number of carbonyl (C=O) groups is 1. The summed E-state index contributed by atoms with van der Waals surface area (Å²) in [5, 5.41) is 7.50. The van der Waals surface area contributed by atoms with Crippen molar-refractivity contribution in [2.24, 2.45) is 5.92 Å². The van der Waals surface area contributed by atoms with Gasteiger partial charge < -0.3 is 5.32 Å². The lowest BCUT2D eigenvalue weighted by molar-refractivity contribution is -0.126. The molecule has 3 heterocycles. The molecular weight excluding hydrogens is 366 g/mol. The minimum absolute atomic E-state index is 0.0176. The molecule has 1 N–H and O–H groups in total. The predicted molar refractivity (Wildman–Crippen MR) is 94.5 cm³/mol. The van der Waals surface area contributed by atoms with Crippen LogP contribution in [0.4, 0.5) is 0 Å². The minimum atomic E-state index is -3.41. The monoisotopic (exact) mass is 385 g/mol. The summed E-state index contributed by atoms with van der Waals surface area (Å²) in [7, 11) is -3.41. The highest BCUT2D eigenvalue weighted by Gasteiger charge is 2.32. The number of amides is 1. The van der Waals surface area contributed by atoms with E-state index in [0.29, 0.717) is 36.7 Å². The molecule has 0 aromatic carbocycles. The minimum Gasteiger partial charge on any atom is -0.349 e. The molecule has 1 saturated heterocycles. The van der Waals surface area contributed by atoms with Gasteiger partial charge >= 0.3 is 0 Å². The fraction of sp³-hybridized carbons (Fsp3) is 0.467. The molecule has 1 fully saturated rings. The summed E-state index contributed by atoms with van der Waals surface area (Å²) in [4.78, 5) is 16.6. The van der Waals surface area contributed by atoms with Gasteiger partial charge in [-0.25, -0.2) is 13.4 Å². The van der Waals surface area contributed by atoms with E-state index < -0.39 is 10.0 Å². The van der Waals surface area contributed by atoms with Crippen molar-refractivity contribution in [3.05, 3.63) is 33.6 Å². The lowest BCUT2D eigenvalue weighted by Crippen LogP contribution is -2.42. The maximum atomic E-state index is 12.5. The number of thiazole rings is 1. The topological polar surface area (TPSA) is 79.4 Å². The summed E-state index contributed by atoms with van der Waals surface area (Å²) in [5.74, 6) is -0.156. The average Bonchev–Trinajstić information content (AvgIpc) is 3.24. The number of piperidine rings is 1. The first-order valence-corrected chi connectivity index (χ1v) is 10.9. The average molecular weight is 386 g/mol. The molecule has 0 saturated carbocycles. The Balaban J connectivity index is 1.52. The number of hydrogen-bond acceptors (Lipinski definition) is 6. The molecule has 0 atom stereocenters. The summed E-state index contributed by atoms with van der Waals surface area (Å²) in [6, 6.07) is 3.35. The first-order valence-electron chi connectivity index (χ1n) is 7.69. The molecule has 0 aliphatic carbocycles. The van der Waals surface area contributed by atoms with Gasteiger partial charge in [0, 0.05) is 30.1 Å². The fourth-order valence-electron chi connectivity index (χ4n) is 2.69. The van der Waals surface area contributed by atoms with Gasteiger partial charge in [0.05, 0.1) is 6.54 Å². The number of nitrogens with one attached hydrogen (secondary N) is 1. The summed E-state index contributed by atoms with van der Waals surface area (Å²) >= 11 is 2.75. The summed E-state index contributed by atoms with van der Waals surface area (Å²) in [6.07, 6.45) is 1.10. The van der Waals surface area contributed by atoms with E-state index in [0.717, 1.165) is 10.7 Å². The van der Waals surface area contributed by atoms with Crippen LogP contribution in [0.2, 0.25) is 0 Å². The highest BCUT2D eigenvalue weighted by atomic mass is 32.2. The van der Waals surface area contributed by atoms with Crippen LogP contribution in [0, 0.1) is 12.8 Å². The smallest absolute Gasteiger partial charge is 0.252 e. The molecule has 2 aromatic heterocycles. The number of nitrogens with zero attached hydrogens (tertiary/aromatic N) is 2. The molecule has 9 heteroatoms. The van der Waals surface area contributed by atoms with Crippen molar-refractivity contribution in [3.63, 3.8) is 0 Å². The standard InChI is InChI=1S/C15H19N3O3S3/c1-11-10-23-13(17-11)9-16-15(19)12-4-6-18(7-5-12)24(20,21)14-3-2-8-22-14/h2-3,8,10,12H,4-7,9H2,1H3,(H,16,19). The van der Waals surface area contributed by atoms with E-state index in [2.05, 4.69) is 10.3 Å². The highest BCUT2D eigenvalue weighted by Crippen LogP contribution is 2.26. The van der Waals surface area contributed by atoms with Gasteiger partial charge in [-0.05, 0) is 31.2 Å². The van der Waals surface area contributed by atoms with Gasteiger partial charge in [-0.1, -0.05) is 6.07 Å². The number of sulfonamides is 1. The Labute approximate surface area is 149 Å². The van der Waals surface area contributed by atoms with E-state index in [1.165, 1.54) is 27.0 Å². The Morgan fingerprint density at radius 2 is 2.12 bits per heavy atom. The zero-order chi connectivity index (χ0) is 17.2. The third kappa shape index (κ3) is 3.85. The van der Waals surface area contributed by atoms with Gasteiger partial charge in [0.1, 0.15) is 9.22 Å². The zero-order valence-corrected chi connectivity index (χ0v) is 15.7. The van der Waals surface area contributed by atoms with Crippen molar-refractivity contribution in [3.8, 4) is 0 Å². The molecule has 2 aromatic rings. The SMILES string of the molecule is Cc1csc(CNC(=O)C2CCN(S(=O)(=O)c3cccs3)CC2)n1. The second-order valence-corrected chi connectivity index (χ2v) is 9.77. The van der Waals surface area contributed by atoms with Crippen LogP contribution in [0.15, 0.2) is 27.1 Å². The number of hydrogen-bond donors (Lipinski definition) is 1. The van der Waals surface area contributed by atoms with Crippen LogP contribution in [-0.2, 0) is 21.4 Å². The Morgan fingerprint density at radius 3 is 2.71 bits per heavy atom. The summed E-state index contributed by atoms with van der Waals surface area (Å²) < 4.78 is 26.8. The number of carbonyl (C=O) groups excluding carboxylic acids is 1. The summed E-state index contributed by atoms with van der Waals surface area (Å²) in [6.45, 7) is 3.12. The maximum Gasteiger partial charge on any atom is 0.252 e. The Hall–Kier alpha value is -1.29. The maximum absolute atomic E-state index is 12.5. The molecule has 1 aliphatic rings. The van der Waals surface area contributed by atoms with Crippen molar-refractivity contribution in [1.29, 1.82) is 0 Å². The molecule has 130 valence electrons. The lowest BCUT2D eigenvalue weighted by Gasteiger charge is -2.30.